The molecule has 0 aliphatic heterocycles. The van der Waals surface area contributed by atoms with Crippen molar-refractivity contribution in [2.24, 2.45) is 19.8 Å². The van der Waals surface area contributed by atoms with Crippen molar-refractivity contribution in [3.8, 4) is 0 Å². The van der Waals surface area contributed by atoms with E-state index in [1.807, 2.05) is 38.0 Å². The monoisotopic (exact) mass is 234 g/mol. The van der Waals surface area contributed by atoms with Gasteiger partial charge in [-0.1, -0.05) is 0 Å². The molecule has 0 fully saturated rings. The third-order valence-corrected chi connectivity index (χ3v) is 2.66. The first-order valence-corrected chi connectivity index (χ1v) is 5.55. The molecule has 0 aliphatic carbocycles. The number of hydrogen-bond donors (Lipinski definition) is 2. The van der Waals surface area contributed by atoms with E-state index < -0.39 is 0 Å². The minimum atomic E-state index is -0.0705. The Hall–Kier alpha value is -1.82. The molecule has 3 N–H and O–H groups in total. The Bertz CT molecular complexity index is 498. The molecular formula is C11H18N6. The zero-order valence-corrected chi connectivity index (χ0v) is 10.4. The number of nitrogens with one attached hydrogen (secondary N) is 1. The maximum absolute atomic E-state index is 6.07. The van der Waals surface area contributed by atoms with Crippen molar-refractivity contribution in [1.29, 1.82) is 0 Å². The fourth-order valence-electron chi connectivity index (χ4n) is 1.74. The molecule has 0 saturated heterocycles. The highest BCUT2D eigenvalue weighted by Crippen LogP contribution is 2.12. The third-order valence-electron chi connectivity index (χ3n) is 2.66. The molecule has 92 valence electrons. The quantitative estimate of drug-likeness (QED) is 0.811. The van der Waals surface area contributed by atoms with Gasteiger partial charge < -0.3 is 11.1 Å². The average molecular weight is 234 g/mol. The summed E-state index contributed by atoms with van der Waals surface area (Å²) in [6, 6.07) is 1.93. The van der Waals surface area contributed by atoms with E-state index in [4.69, 9.17) is 5.73 Å². The predicted octanol–water partition coefficient (Wildman–Crippen LogP) is 0.574. The molecule has 0 saturated carbocycles. The Balaban J connectivity index is 1.96. The van der Waals surface area contributed by atoms with Crippen LogP contribution in [0.15, 0.2) is 18.5 Å². The molecule has 0 aromatic carbocycles. The predicted molar refractivity (Wildman–Crippen MR) is 66.6 cm³/mol. The van der Waals surface area contributed by atoms with Gasteiger partial charge in [-0.15, -0.1) is 0 Å². The molecule has 2 aromatic heterocycles. The van der Waals surface area contributed by atoms with E-state index in [1.165, 1.54) is 0 Å². The van der Waals surface area contributed by atoms with Gasteiger partial charge in [0.05, 0.1) is 17.9 Å². The molecule has 1 atom stereocenters. The minimum Gasteiger partial charge on any atom is -0.368 e. The molecule has 0 bridgehead atoms. The molecule has 17 heavy (non-hydrogen) atoms. The zero-order chi connectivity index (χ0) is 12.4. The van der Waals surface area contributed by atoms with Gasteiger partial charge in [0.25, 0.3) is 0 Å². The van der Waals surface area contributed by atoms with Crippen LogP contribution in [-0.2, 0) is 14.1 Å². The van der Waals surface area contributed by atoms with Gasteiger partial charge in [-0.3, -0.25) is 9.36 Å². The topological polar surface area (TPSA) is 73.7 Å². The first kappa shape index (κ1) is 11.7. The van der Waals surface area contributed by atoms with Crippen LogP contribution in [0.2, 0.25) is 0 Å². The summed E-state index contributed by atoms with van der Waals surface area (Å²) in [6.07, 6.45) is 3.72. The van der Waals surface area contributed by atoms with Gasteiger partial charge in [-0.25, -0.2) is 0 Å². The average Bonchev–Trinajstić information content (AvgIpc) is 2.82. The summed E-state index contributed by atoms with van der Waals surface area (Å²) >= 11 is 0. The number of hydrogen-bond acceptors (Lipinski definition) is 4. The van der Waals surface area contributed by atoms with Crippen molar-refractivity contribution in [3.05, 3.63) is 29.7 Å². The number of aromatic nitrogens is 4. The van der Waals surface area contributed by atoms with Crippen LogP contribution in [0.4, 0.5) is 5.82 Å². The van der Waals surface area contributed by atoms with E-state index in [0.717, 1.165) is 17.1 Å². The Morgan fingerprint density at radius 3 is 2.76 bits per heavy atom. The van der Waals surface area contributed by atoms with E-state index >= 15 is 0 Å². The standard InChI is InChI=1S/C11H18N6/c1-8-4-11(17(3)15-8)13-6-10(12)9-5-14-16(2)7-9/h4-5,7,10,13H,6,12H2,1-3H3. The van der Waals surface area contributed by atoms with E-state index in [2.05, 4.69) is 15.5 Å². The van der Waals surface area contributed by atoms with E-state index in [9.17, 15) is 0 Å². The van der Waals surface area contributed by atoms with Crippen molar-refractivity contribution < 1.29 is 0 Å². The second kappa shape index (κ2) is 4.58. The number of nitrogens with zero attached hydrogens (tertiary/aromatic N) is 4. The SMILES string of the molecule is Cc1cc(NCC(N)c2cnn(C)c2)n(C)n1. The van der Waals surface area contributed by atoms with Gasteiger partial charge in [0.15, 0.2) is 0 Å². The Kier molecular flexibility index (Phi) is 3.14. The highest BCUT2D eigenvalue weighted by Gasteiger charge is 2.09. The highest BCUT2D eigenvalue weighted by atomic mass is 15.3. The summed E-state index contributed by atoms with van der Waals surface area (Å²) in [5.74, 6) is 0.974. The van der Waals surface area contributed by atoms with Gasteiger partial charge in [0.1, 0.15) is 5.82 Å². The van der Waals surface area contributed by atoms with Crippen LogP contribution in [0, 0.1) is 6.92 Å². The lowest BCUT2D eigenvalue weighted by molar-refractivity contribution is 0.724. The molecular weight excluding hydrogens is 216 g/mol. The molecule has 0 spiro atoms. The largest absolute Gasteiger partial charge is 0.368 e. The fraction of sp³-hybridized carbons (Fsp3) is 0.455. The molecule has 1 unspecified atom stereocenters. The first-order chi connectivity index (χ1) is 8.06. The summed E-state index contributed by atoms with van der Waals surface area (Å²) in [4.78, 5) is 0. The maximum Gasteiger partial charge on any atom is 0.124 e. The molecule has 6 nitrogen and oxygen atoms in total. The Labute approximate surface area is 100 Å². The smallest absolute Gasteiger partial charge is 0.124 e. The maximum atomic E-state index is 6.07. The Morgan fingerprint density at radius 1 is 1.47 bits per heavy atom. The van der Waals surface area contributed by atoms with Crippen molar-refractivity contribution in [3.63, 3.8) is 0 Å². The molecule has 2 aromatic rings. The second-order valence-corrected chi connectivity index (χ2v) is 4.23. The minimum absolute atomic E-state index is 0.0705. The molecule has 0 amide bonds. The van der Waals surface area contributed by atoms with Crippen LogP contribution in [-0.4, -0.2) is 26.1 Å². The summed E-state index contributed by atoms with van der Waals surface area (Å²) in [6.45, 7) is 2.62. The van der Waals surface area contributed by atoms with Gasteiger partial charge in [0, 0.05) is 38.5 Å². The number of anilines is 1. The van der Waals surface area contributed by atoms with Gasteiger partial charge >= 0.3 is 0 Å². The molecule has 2 rings (SSSR count). The van der Waals surface area contributed by atoms with Crippen molar-refractivity contribution in [2.75, 3.05) is 11.9 Å². The normalized spacial score (nSPS) is 12.7. The summed E-state index contributed by atoms with van der Waals surface area (Å²) in [7, 11) is 3.79. The highest BCUT2D eigenvalue weighted by molar-refractivity contribution is 5.37. The van der Waals surface area contributed by atoms with Crippen molar-refractivity contribution >= 4 is 5.82 Å². The van der Waals surface area contributed by atoms with Crippen molar-refractivity contribution in [2.45, 2.75) is 13.0 Å². The van der Waals surface area contributed by atoms with Crippen LogP contribution < -0.4 is 11.1 Å². The van der Waals surface area contributed by atoms with Crippen LogP contribution in [0.25, 0.3) is 0 Å². The fourth-order valence-corrected chi connectivity index (χ4v) is 1.74. The van der Waals surface area contributed by atoms with Gasteiger partial charge in [-0.2, -0.15) is 10.2 Å². The lowest BCUT2D eigenvalue weighted by Crippen LogP contribution is -2.21. The second-order valence-electron chi connectivity index (χ2n) is 4.23. The van der Waals surface area contributed by atoms with Crippen LogP contribution in [0.5, 0.6) is 0 Å². The number of nitrogens with two attached hydrogens (primary N) is 1. The lowest BCUT2D eigenvalue weighted by atomic mass is 10.2. The van der Waals surface area contributed by atoms with Gasteiger partial charge in [-0.05, 0) is 6.92 Å². The van der Waals surface area contributed by atoms with Crippen LogP contribution in [0.1, 0.15) is 17.3 Å². The van der Waals surface area contributed by atoms with E-state index in [1.54, 1.807) is 10.9 Å². The number of aryl methyl sites for hydroxylation is 3. The summed E-state index contributed by atoms with van der Waals surface area (Å²) in [5.41, 5.74) is 8.08. The zero-order valence-electron chi connectivity index (χ0n) is 10.4. The molecule has 6 heteroatoms. The molecule has 0 radical (unpaired) electrons. The third kappa shape index (κ3) is 2.65. The first-order valence-electron chi connectivity index (χ1n) is 5.55. The van der Waals surface area contributed by atoms with Crippen molar-refractivity contribution in [1.82, 2.24) is 19.6 Å². The summed E-state index contributed by atoms with van der Waals surface area (Å²) < 4.78 is 3.56. The van der Waals surface area contributed by atoms with Crippen LogP contribution in [0.3, 0.4) is 0 Å². The van der Waals surface area contributed by atoms with Crippen LogP contribution >= 0.6 is 0 Å². The van der Waals surface area contributed by atoms with Gasteiger partial charge in [0.2, 0.25) is 0 Å². The number of rotatable bonds is 4. The van der Waals surface area contributed by atoms with E-state index in [-0.39, 0.29) is 6.04 Å². The van der Waals surface area contributed by atoms with E-state index in [0.29, 0.717) is 6.54 Å². The lowest BCUT2D eigenvalue weighted by Gasteiger charge is -2.11. The molecule has 2 heterocycles. The Morgan fingerprint density at radius 2 is 2.24 bits per heavy atom. The summed E-state index contributed by atoms with van der Waals surface area (Å²) in [5, 5.41) is 11.6. The molecule has 0 aliphatic rings.